The van der Waals surface area contributed by atoms with Gasteiger partial charge in [-0.05, 0) is 31.0 Å². The summed E-state index contributed by atoms with van der Waals surface area (Å²) in [5, 5.41) is 5.73. The lowest BCUT2D eigenvalue weighted by molar-refractivity contribution is 0.571. The molecule has 26 heavy (non-hydrogen) atoms. The molecule has 1 saturated heterocycles. The van der Waals surface area contributed by atoms with Crippen LogP contribution in [0.2, 0.25) is 0 Å². The van der Waals surface area contributed by atoms with E-state index in [2.05, 4.69) is 10.00 Å². The number of aromatic nitrogens is 2. The smallest absolute Gasteiger partial charge is 0.279 e. The van der Waals surface area contributed by atoms with Crippen LogP contribution in [0.3, 0.4) is 0 Å². The van der Waals surface area contributed by atoms with Crippen LogP contribution in [-0.4, -0.2) is 22.9 Å². The summed E-state index contributed by atoms with van der Waals surface area (Å²) in [7, 11) is 0. The Kier molecular flexibility index (Phi) is 4.41. The number of halogens is 2. The molecule has 0 atom stereocenters. The number of rotatable bonds is 2. The van der Waals surface area contributed by atoms with E-state index < -0.39 is 17.2 Å². The molecule has 2 aromatic carbocycles. The molecule has 1 aromatic heterocycles. The summed E-state index contributed by atoms with van der Waals surface area (Å²) in [5.74, 6) is -0.824. The van der Waals surface area contributed by atoms with Crippen molar-refractivity contribution in [3.8, 4) is 5.69 Å². The van der Waals surface area contributed by atoms with Gasteiger partial charge < -0.3 is 4.90 Å². The normalized spacial score (nSPS) is 15.2. The van der Waals surface area contributed by atoms with Crippen molar-refractivity contribution in [2.24, 2.45) is 0 Å². The van der Waals surface area contributed by atoms with E-state index in [9.17, 15) is 13.6 Å². The van der Waals surface area contributed by atoms with Crippen LogP contribution in [0.4, 0.5) is 14.6 Å². The van der Waals surface area contributed by atoms with Crippen molar-refractivity contribution in [2.75, 3.05) is 18.0 Å². The lowest BCUT2D eigenvalue weighted by Crippen LogP contribution is -2.30. The number of hydrogen-bond donors (Lipinski definition) is 0. The maximum Gasteiger partial charge on any atom is 0.279 e. The molecule has 134 valence electrons. The van der Waals surface area contributed by atoms with Crippen molar-refractivity contribution in [1.82, 2.24) is 9.78 Å². The Hall–Kier alpha value is -2.76. The standard InChI is InChI=1S/C20H19F2N3O/c21-14-9-10-18(17(22)13-14)25-20(26)16-8-4-3-7-15(16)19(23-25)24-11-5-1-2-6-12-24/h3-4,7-10,13H,1-2,5-6,11-12H2. The minimum Gasteiger partial charge on any atom is -0.355 e. The summed E-state index contributed by atoms with van der Waals surface area (Å²) in [4.78, 5) is 15.0. The van der Waals surface area contributed by atoms with Crippen molar-refractivity contribution in [2.45, 2.75) is 25.7 Å². The monoisotopic (exact) mass is 355 g/mol. The molecular weight excluding hydrogens is 336 g/mol. The van der Waals surface area contributed by atoms with Gasteiger partial charge in [0.15, 0.2) is 11.6 Å². The average molecular weight is 355 g/mol. The zero-order valence-electron chi connectivity index (χ0n) is 14.3. The first-order valence-electron chi connectivity index (χ1n) is 8.87. The Bertz CT molecular complexity index is 1010. The van der Waals surface area contributed by atoms with E-state index in [1.807, 2.05) is 12.1 Å². The van der Waals surface area contributed by atoms with Gasteiger partial charge in [-0.1, -0.05) is 31.0 Å². The van der Waals surface area contributed by atoms with Crippen LogP contribution in [0.25, 0.3) is 16.5 Å². The minimum atomic E-state index is -0.809. The van der Waals surface area contributed by atoms with E-state index in [-0.39, 0.29) is 5.69 Å². The molecule has 1 fully saturated rings. The SMILES string of the molecule is O=c1c2ccccc2c(N2CCCCCC2)nn1-c1ccc(F)cc1F. The third-order valence-corrected chi connectivity index (χ3v) is 4.83. The molecule has 0 spiro atoms. The van der Waals surface area contributed by atoms with Crippen LogP contribution in [0.5, 0.6) is 0 Å². The molecule has 4 nitrogen and oxygen atoms in total. The fraction of sp³-hybridized carbons (Fsp3) is 0.300. The molecule has 0 bridgehead atoms. The maximum atomic E-state index is 14.3. The summed E-state index contributed by atoms with van der Waals surface area (Å²) in [6.45, 7) is 1.70. The number of fused-ring (bicyclic) bond motifs is 1. The van der Waals surface area contributed by atoms with Crippen molar-refractivity contribution in [3.05, 3.63) is 64.5 Å². The molecule has 4 rings (SSSR count). The molecule has 0 unspecified atom stereocenters. The summed E-state index contributed by atoms with van der Waals surface area (Å²) in [6.07, 6.45) is 4.45. The fourth-order valence-electron chi connectivity index (χ4n) is 3.51. The van der Waals surface area contributed by atoms with Crippen LogP contribution < -0.4 is 10.5 Å². The fourth-order valence-corrected chi connectivity index (χ4v) is 3.51. The van der Waals surface area contributed by atoms with Gasteiger partial charge in [-0.3, -0.25) is 4.79 Å². The van der Waals surface area contributed by atoms with Crippen LogP contribution in [0.1, 0.15) is 25.7 Å². The quantitative estimate of drug-likeness (QED) is 0.696. The molecule has 0 amide bonds. The minimum absolute atomic E-state index is 0.0433. The third kappa shape index (κ3) is 2.96. The van der Waals surface area contributed by atoms with Gasteiger partial charge in [-0.15, -0.1) is 5.10 Å². The van der Waals surface area contributed by atoms with Gasteiger partial charge in [0, 0.05) is 24.5 Å². The van der Waals surface area contributed by atoms with Gasteiger partial charge in [-0.25, -0.2) is 8.78 Å². The van der Waals surface area contributed by atoms with Crippen molar-refractivity contribution < 1.29 is 8.78 Å². The lowest BCUT2D eigenvalue weighted by Gasteiger charge is -2.23. The third-order valence-electron chi connectivity index (χ3n) is 4.83. The van der Waals surface area contributed by atoms with E-state index in [0.717, 1.165) is 48.1 Å². The molecule has 2 heterocycles. The first kappa shape index (κ1) is 16.7. The van der Waals surface area contributed by atoms with Crippen LogP contribution in [0.15, 0.2) is 47.3 Å². The van der Waals surface area contributed by atoms with Gasteiger partial charge in [0.1, 0.15) is 11.5 Å². The second-order valence-corrected chi connectivity index (χ2v) is 6.58. The van der Waals surface area contributed by atoms with E-state index in [0.29, 0.717) is 11.2 Å². The molecule has 0 aliphatic carbocycles. The Balaban J connectivity index is 1.96. The Morgan fingerprint density at radius 2 is 1.58 bits per heavy atom. The van der Waals surface area contributed by atoms with Gasteiger partial charge in [0.25, 0.3) is 5.56 Å². The predicted octanol–water partition coefficient (Wildman–Crippen LogP) is 4.04. The topological polar surface area (TPSA) is 38.1 Å². The molecular formula is C20H19F2N3O. The van der Waals surface area contributed by atoms with E-state index >= 15 is 0 Å². The van der Waals surface area contributed by atoms with E-state index in [4.69, 9.17) is 0 Å². The molecule has 6 heteroatoms. The summed E-state index contributed by atoms with van der Waals surface area (Å²) >= 11 is 0. The highest BCUT2D eigenvalue weighted by atomic mass is 19.1. The molecule has 0 N–H and O–H groups in total. The first-order chi connectivity index (χ1) is 12.6. The Morgan fingerprint density at radius 1 is 0.885 bits per heavy atom. The van der Waals surface area contributed by atoms with Crippen molar-refractivity contribution >= 4 is 16.6 Å². The van der Waals surface area contributed by atoms with Gasteiger partial charge >= 0.3 is 0 Å². The summed E-state index contributed by atoms with van der Waals surface area (Å²) < 4.78 is 28.6. The number of benzene rings is 2. The van der Waals surface area contributed by atoms with Gasteiger partial charge in [-0.2, -0.15) is 4.68 Å². The molecule has 3 aromatic rings. The average Bonchev–Trinajstić information content (AvgIpc) is 2.92. The molecule has 0 saturated carbocycles. The van der Waals surface area contributed by atoms with Gasteiger partial charge in [0.2, 0.25) is 0 Å². The highest BCUT2D eigenvalue weighted by Gasteiger charge is 2.19. The highest BCUT2D eigenvalue weighted by molar-refractivity contribution is 5.91. The zero-order chi connectivity index (χ0) is 18.1. The molecule has 0 radical (unpaired) electrons. The number of hydrogen-bond acceptors (Lipinski definition) is 3. The summed E-state index contributed by atoms with van der Waals surface area (Å²) in [6, 6.07) is 10.4. The van der Waals surface area contributed by atoms with Crippen LogP contribution in [0, 0.1) is 11.6 Å². The number of nitrogens with zero attached hydrogens (tertiary/aromatic N) is 3. The number of anilines is 1. The Morgan fingerprint density at radius 3 is 2.27 bits per heavy atom. The zero-order valence-corrected chi connectivity index (χ0v) is 14.3. The first-order valence-corrected chi connectivity index (χ1v) is 8.87. The molecule has 1 aliphatic rings. The predicted molar refractivity (Wildman–Crippen MR) is 97.9 cm³/mol. The lowest BCUT2D eigenvalue weighted by atomic mass is 10.1. The highest BCUT2D eigenvalue weighted by Crippen LogP contribution is 2.26. The molecule has 1 aliphatic heterocycles. The summed E-state index contributed by atoms with van der Waals surface area (Å²) in [5.41, 5.74) is -0.456. The second kappa shape index (κ2) is 6.86. The van der Waals surface area contributed by atoms with Gasteiger partial charge in [0.05, 0.1) is 5.39 Å². The largest absolute Gasteiger partial charge is 0.355 e. The van der Waals surface area contributed by atoms with Crippen LogP contribution >= 0.6 is 0 Å². The maximum absolute atomic E-state index is 14.3. The second-order valence-electron chi connectivity index (χ2n) is 6.58. The van der Waals surface area contributed by atoms with E-state index in [1.54, 1.807) is 12.1 Å². The van der Waals surface area contributed by atoms with Crippen molar-refractivity contribution in [1.29, 1.82) is 0 Å². The van der Waals surface area contributed by atoms with E-state index in [1.165, 1.54) is 18.9 Å². The Labute approximate surface area is 149 Å². The van der Waals surface area contributed by atoms with Crippen molar-refractivity contribution in [3.63, 3.8) is 0 Å². The van der Waals surface area contributed by atoms with Crippen LogP contribution in [-0.2, 0) is 0 Å².